The van der Waals surface area contributed by atoms with Gasteiger partial charge in [0.15, 0.2) is 0 Å². The van der Waals surface area contributed by atoms with Gasteiger partial charge in [-0.05, 0) is 18.8 Å². The Morgan fingerprint density at radius 3 is 2.93 bits per heavy atom. The summed E-state index contributed by atoms with van der Waals surface area (Å²) < 4.78 is 5.15. The second-order valence-corrected chi connectivity index (χ2v) is 4.30. The van der Waals surface area contributed by atoms with Gasteiger partial charge in [-0.1, -0.05) is 20.3 Å². The van der Waals surface area contributed by atoms with Crippen LogP contribution in [0.4, 0.5) is 0 Å². The molecule has 0 aromatic heterocycles. The van der Waals surface area contributed by atoms with Gasteiger partial charge in [0.25, 0.3) is 0 Å². The lowest BCUT2D eigenvalue weighted by atomic mass is 9.96. The largest absolute Gasteiger partial charge is 0.462 e. The van der Waals surface area contributed by atoms with Crippen molar-refractivity contribution in [2.45, 2.75) is 58.2 Å². The van der Waals surface area contributed by atoms with Crippen LogP contribution in [-0.4, -0.2) is 23.3 Å². The van der Waals surface area contributed by atoms with Crippen LogP contribution in [0.5, 0.6) is 0 Å². The summed E-state index contributed by atoms with van der Waals surface area (Å²) >= 11 is 0. The van der Waals surface area contributed by atoms with Crippen molar-refractivity contribution in [1.82, 2.24) is 0 Å². The van der Waals surface area contributed by atoms with Gasteiger partial charge in [-0.25, -0.2) is 0 Å². The maximum absolute atomic E-state index is 11.0. The summed E-state index contributed by atoms with van der Waals surface area (Å²) in [6.45, 7) is 4.35. The van der Waals surface area contributed by atoms with E-state index in [1.807, 2.05) is 0 Å². The van der Waals surface area contributed by atoms with Crippen molar-refractivity contribution >= 4 is 5.97 Å². The predicted octanol–water partition coefficient (Wildman–Crippen LogP) is 1.88. The van der Waals surface area contributed by atoms with Crippen LogP contribution in [0.2, 0.25) is 0 Å². The third-order valence-corrected chi connectivity index (χ3v) is 2.91. The van der Waals surface area contributed by atoms with E-state index in [1.54, 1.807) is 0 Å². The molecule has 0 spiro atoms. The van der Waals surface area contributed by atoms with Gasteiger partial charge in [0, 0.05) is 6.42 Å². The third kappa shape index (κ3) is 3.66. The maximum Gasteiger partial charge on any atom is 0.308 e. The van der Waals surface area contributed by atoms with E-state index in [1.165, 1.54) is 0 Å². The topological polar surface area (TPSA) is 46.5 Å². The molecule has 82 valence electrons. The molecule has 0 saturated carbocycles. The molecule has 0 aromatic carbocycles. The Bertz CT molecular complexity index is 191. The van der Waals surface area contributed by atoms with Crippen LogP contribution >= 0.6 is 0 Å². The van der Waals surface area contributed by atoms with E-state index in [-0.39, 0.29) is 18.5 Å². The molecule has 1 rings (SSSR count). The summed E-state index contributed by atoms with van der Waals surface area (Å²) in [6, 6.07) is 0. The lowest BCUT2D eigenvalue weighted by Gasteiger charge is -2.26. The second kappa shape index (κ2) is 5.35. The van der Waals surface area contributed by atoms with Crippen LogP contribution in [-0.2, 0) is 9.53 Å². The van der Waals surface area contributed by atoms with Crippen molar-refractivity contribution in [3.63, 3.8) is 0 Å². The zero-order valence-corrected chi connectivity index (χ0v) is 9.03. The first kappa shape index (κ1) is 11.5. The molecule has 1 unspecified atom stereocenters. The first-order valence-corrected chi connectivity index (χ1v) is 5.49. The number of cyclic esters (lactones) is 1. The highest BCUT2D eigenvalue weighted by Crippen LogP contribution is 2.21. The van der Waals surface area contributed by atoms with Crippen LogP contribution in [0.25, 0.3) is 0 Å². The Morgan fingerprint density at radius 1 is 1.64 bits per heavy atom. The summed E-state index contributed by atoms with van der Waals surface area (Å²) in [5.74, 6) is 0.422. The van der Waals surface area contributed by atoms with Crippen molar-refractivity contribution in [1.29, 1.82) is 0 Å². The smallest absolute Gasteiger partial charge is 0.308 e. The van der Waals surface area contributed by atoms with Gasteiger partial charge in [-0.2, -0.15) is 0 Å². The van der Waals surface area contributed by atoms with Crippen molar-refractivity contribution in [3.05, 3.63) is 0 Å². The summed E-state index contributed by atoms with van der Waals surface area (Å²) in [5.41, 5.74) is 0. The fourth-order valence-electron chi connectivity index (χ4n) is 1.71. The van der Waals surface area contributed by atoms with E-state index >= 15 is 0 Å². The Kier molecular flexibility index (Phi) is 4.39. The lowest BCUT2D eigenvalue weighted by Crippen LogP contribution is -2.32. The number of aliphatic hydroxyl groups is 1. The number of carbonyl (C=O) groups excluding carboxylic acids is 1. The molecular weight excluding hydrogens is 180 g/mol. The summed E-state index contributed by atoms with van der Waals surface area (Å²) in [7, 11) is 0. The lowest BCUT2D eigenvalue weighted by molar-refractivity contribution is -0.160. The normalized spacial score (nSPS) is 29.8. The molecule has 0 radical (unpaired) electrons. The molecule has 14 heavy (non-hydrogen) atoms. The molecule has 0 aliphatic carbocycles. The number of aliphatic hydroxyl groups excluding tert-OH is 1. The van der Waals surface area contributed by atoms with Crippen molar-refractivity contribution in [3.8, 4) is 0 Å². The fraction of sp³-hybridized carbons (Fsp3) is 0.909. The van der Waals surface area contributed by atoms with Gasteiger partial charge in [-0.15, -0.1) is 0 Å². The van der Waals surface area contributed by atoms with Gasteiger partial charge < -0.3 is 9.84 Å². The molecule has 1 aliphatic rings. The molecule has 3 nitrogen and oxygen atoms in total. The number of carbonyl (C=O) groups is 1. The Hall–Kier alpha value is -0.570. The summed E-state index contributed by atoms with van der Waals surface area (Å²) in [4.78, 5) is 11.0. The molecule has 1 fully saturated rings. The van der Waals surface area contributed by atoms with Crippen molar-refractivity contribution in [2.24, 2.45) is 5.92 Å². The first-order valence-electron chi connectivity index (χ1n) is 5.49. The molecule has 3 heteroatoms. The molecule has 0 amide bonds. The zero-order valence-electron chi connectivity index (χ0n) is 9.03. The van der Waals surface area contributed by atoms with Crippen molar-refractivity contribution in [2.75, 3.05) is 0 Å². The second-order valence-electron chi connectivity index (χ2n) is 4.30. The van der Waals surface area contributed by atoms with Crippen molar-refractivity contribution < 1.29 is 14.6 Å². The van der Waals surface area contributed by atoms with E-state index in [4.69, 9.17) is 4.74 Å². The van der Waals surface area contributed by atoms with Crippen LogP contribution < -0.4 is 0 Å². The molecule has 1 N–H and O–H groups in total. The molecular formula is C11H20O3. The van der Waals surface area contributed by atoms with Crippen LogP contribution in [0.15, 0.2) is 0 Å². The fourth-order valence-corrected chi connectivity index (χ4v) is 1.71. The third-order valence-electron chi connectivity index (χ3n) is 2.91. The van der Waals surface area contributed by atoms with Crippen LogP contribution in [0.3, 0.4) is 0 Å². The Labute approximate surface area is 85.5 Å². The van der Waals surface area contributed by atoms with Gasteiger partial charge in [0.2, 0.25) is 0 Å². The number of hydrogen-bond acceptors (Lipinski definition) is 3. The number of esters is 1. The molecule has 1 heterocycles. The SMILES string of the molecule is CC[C@H](C)CCC1C[C@@H](O)CC(=O)O1. The Morgan fingerprint density at radius 2 is 2.36 bits per heavy atom. The minimum atomic E-state index is -0.488. The highest BCUT2D eigenvalue weighted by molar-refractivity contribution is 5.70. The van der Waals surface area contributed by atoms with Gasteiger partial charge in [0.1, 0.15) is 6.10 Å². The monoisotopic (exact) mass is 200 g/mol. The zero-order chi connectivity index (χ0) is 10.6. The van der Waals surface area contributed by atoms with Gasteiger partial charge >= 0.3 is 5.97 Å². The highest BCUT2D eigenvalue weighted by Gasteiger charge is 2.26. The average molecular weight is 200 g/mol. The Balaban J connectivity index is 2.26. The predicted molar refractivity (Wildman–Crippen MR) is 53.8 cm³/mol. The standard InChI is InChI=1S/C11H20O3/c1-3-8(2)4-5-10-6-9(12)7-11(13)14-10/h8-10,12H,3-7H2,1-2H3/t8-,9+,10?/m0/s1. The van der Waals surface area contributed by atoms with E-state index < -0.39 is 6.10 Å². The molecule has 0 bridgehead atoms. The minimum Gasteiger partial charge on any atom is -0.462 e. The molecule has 1 saturated heterocycles. The number of rotatable bonds is 4. The molecule has 1 aliphatic heterocycles. The minimum absolute atomic E-state index is 0.0553. The molecule has 0 aromatic rings. The highest BCUT2D eigenvalue weighted by atomic mass is 16.5. The van der Waals surface area contributed by atoms with Crippen LogP contribution in [0.1, 0.15) is 46.0 Å². The first-order chi connectivity index (χ1) is 6.61. The van der Waals surface area contributed by atoms with E-state index in [9.17, 15) is 9.90 Å². The quantitative estimate of drug-likeness (QED) is 0.705. The molecule has 3 atom stereocenters. The summed E-state index contributed by atoms with van der Waals surface area (Å²) in [6.07, 6.45) is 3.35. The van der Waals surface area contributed by atoms with E-state index in [0.29, 0.717) is 12.3 Å². The van der Waals surface area contributed by atoms with E-state index in [0.717, 1.165) is 19.3 Å². The van der Waals surface area contributed by atoms with Gasteiger partial charge in [0.05, 0.1) is 12.5 Å². The van der Waals surface area contributed by atoms with Gasteiger partial charge in [-0.3, -0.25) is 4.79 Å². The summed E-state index contributed by atoms with van der Waals surface area (Å²) in [5, 5.41) is 9.37. The number of ether oxygens (including phenoxy) is 1. The van der Waals surface area contributed by atoms with Crippen LogP contribution in [0, 0.1) is 5.92 Å². The number of hydrogen-bond donors (Lipinski definition) is 1. The average Bonchev–Trinajstić information content (AvgIpc) is 2.12. The maximum atomic E-state index is 11.0. The van der Waals surface area contributed by atoms with E-state index in [2.05, 4.69) is 13.8 Å².